The molecule has 2 aliphatic rings. The average Bonchev–Trinajstić information content (AvgIpc) is 3.28. The van der Waals surface area contributed by atoms with E-state index < -0.39 is 0 Å². The monoisotopic (exact) mass is 317 g/mol. The van der Waals surface area contributed by atoms with Gasteiger partial charge < -0.3 is 9.32 Å². The SMILES string of the molecule is O=C(c1ccco1)N1C[C@@H]2CCCN(Cc3nccs3)[C@@H]2C1. The molecule has 2 atom stereocenters. The molecule has 0 saturated carbocycles. The lowest BCUT2D eigenvalue weighted by atomic mass is 9.92. The van der Waals surface area contributed by atoms with E-state index in [0.29, 0.717) is 17.7 Å². The zero-order valence-corrected chi connectivity index (χ0v) is 13.2. The number of carbonyl (C=O) groups is 1. The molecule has 0 radical (unpaired) electrons. The van der Waals surface area contributed by atoms with Crippen molar-refractivity contribution in [2.24, 2.45) is 5.92 Å². The highest BCUT2D eigenvalue weighted by Gasteiger charge is 2.41. The van der Waals surface area contributed by atoms with Crippen molar-refractivity contribution in [3.63, 3.8) is 0 Å². The van der Waals surface area contributed by atoms with Crippen LogP contribution in [0.5, 0.6) is 0 Å². The number of aromatic nitrogens is 1. The average molecular weight is 317 g/mol. The number of fused-ring (bicyclic) bond motifs is 1. The molecule has 1 amide bonds. The number of likely N-dealkylation sites (tertiary alicyclic amines) is 2. The standard InChI is InChI=1S/C16H19N3O2S/c20-16(14-4-2-7-21-14)19-9-12-3-1-6-18(13(12)10-19)11-15-17-5-8-22-15/h2,4-5,7-8,12-13H,1,3,6,9-11H2/t12-,13+/m0/s1. The Morgan fingerprint density at radius 3 is 3.18 bits per heavy atom. The van der Waals surface area contributed by atoms with Crippen LogP contribution in [0.3, 0.4) is 0 Å². The number of rotatable bonds is 3. The molecule has 0 bridgehead atoms. The smallest absolute Gasteiger partial charge is 0.289 e. The van der Waals surface area contributed by atoms with E-state index in [1.54, 1.807) is 29.7 Å². The number of hydrogen-bond acceptors (Lipinski definition) is 5. The normalized spacial score (nSPS) is 25.4. The maximum atomic E-state index is 12.5. The minimum Gasteiger partial charge on any atom is -0.459 e. The van der Waals surface area contributed by atoms with Gasteiger partial charge in [0.2, 0.25) is 0 Å². The Morgan fingerprint density at radius 2 is 2.41 bits per heavy atom. The number of hydrogen-bond donors (Lipinski definition) is 0. The minimum atomic E-state index is 0.0219. The summed E-state index contributed by atoms with van der Waals surface area (Å²) in [7, 11) is 0. The lowest BCUT2D eigenvalue weighted by Gasteiger charge is -2.36. The van der Waals surface area contributed by atoms with E-state index in [-0.39, 0.29) is 5.91 Å². The summed E-state index contributed by atoms with van der Waals surface area (Å²) in [5.41, 5.74) is 0. The zero-order chi connectivity index (χ0) is 14.9. The fraction of sp³-hybridized carbons (Fsp3) is 0.500. The van der Waals surface area contributed by atoms with E-state index in [1.165, 1.54) is 12.8 Å². The van der Waals surface area contributed by atoms with Gasteiger partial charge in [0.15, 0.2) is 5.76 Å². The topological polar surface area (TPSA) is 49.6 Å². The molecule has 2 saturated heterocycles. The second-order valence-corrected chi connectivity index (χ2v) is 7.03. The van der Waals surface area contributed by atoms with E-state index in [9.17, 15) is 4.79 Å². The molecule has 0 unspecified atom stereocenters. The summed E-state index contributed by atoms with van der Waals surface area (Å²) in [6, 6.07) is 3.97. The maximum Gasteiger partial charge on any atom is 0.289 e. The van der Waals surface area contributed by atoms with E-state index in [4.69, 9.17) is 4.42 Å². The van der Waals surface area contributed by atoms with Gasteiger partial charge in [-0.2, -0.15) is 0 Å². The third-order valence-electron chi connectivity index (χ3n) is 4.74. The molecular formula is C16H19N3O2S. The highest BCUT2D eigenvalue weighted by atomic mass is 32.1. The number of carbonyl (C=O) groups excluding carboxylic acids is 1. The van der Waals surface area contributed by atoms with Crippen molar-refractivity contribution in [1.29, 1.82) is 0 Å². The van der Waals surface area contributed by atoms with Gasteiger partial charge in [0.05, 0.1) is 12.8 Å². The fourth-order valence-electron chi connectivity index (χ4n) is 3.70. The van der Waals surface area contributed by atoms with Crippen LogP contribution in [0.2, 0.25) is 0 Å². The van der Waals surface area contributed by atoms with Crippen molar-refractivity contribution in [3.8, 4) is 0 Å². The van der Waals surface area contributed by atoms with Crippen LogP contribution in [0.25, 0.3) is 0 Å². The summed E-state index contributed by atoms with van der Waals surface area (Å²) in [6.07, 6.45) is 5.84. The number of amides is 1. The summed E-state index contributed by atoms with van der Waals surface area (Å²) in [5.74, 6) is 1.05. The Labute approximate surface area is 133 Å². The van der Waals surface area contributed by atoms with Gasteiger partial charge in [-0.15, -0.1) is 11.3 Å². The molecule has 2 aliphatic heterocycles. The Hall–Kier alpha value is -1.66. The van der Waals surface area contributed by atoms with Crippen LogP contribution in [-0.2, 0) is 6.54 Å². The van der Waals surface area contributed by atoms with Crippen molar-refractivity contribution in [1.82, 2.24) is 14.8 Å². The first kappa shape index (κ1) is 14.0. The molecule has 2 fully saturated rings. The summed E-state index contributed by atoms with van der Waals surface area (Å²) >= 11 is 1.71. The third-order valence-corrected chi connectivity index (χ3v) is 5.50. The predicted octanol–water partition coefficient (Wildman–Crippen LogP) is 2.47. The fourth-order valence-corrected chi connectivity index (χ4v) is 4.34. The van der Waals surface area contributed by atoms with Gasteiger partial charge in [-0.1, -0.05) is 0 Å². The molecule has 6 heteroatoms. The van der Waals surface area contributed by atoms with Crippen LogP contribution in [-0.4, -0.2) is 46.4 Å². The highest BCUT2D eigenvalue weighted by molar-refractivity contribution is 7.09. The molecule has 4 rings (SSSR count). The van der Waals surface area contributed by atoms with Crippen LogP contribution in [0.1, 0.15) is 28.4 Å². The van der Waals surface area contributed by atoms with Gasteiger partial charge in [-0.25, -0.2) is 4.98 Å². The molecule has 0 aromatic carbocycles. The Morgan fingerprint density at radius 1 is 1.45 bits per heavy atom. The van der Waals surface area contributed by atoms with Gasteiger partial charge in [-0.3, -0.25) is 9.69 Å². The van der Waals surface area contributed by atoms with Gasteiger partial charge in [0.1, 0.15) is 5.01 Å². The number of thiazole rings is 1. The van der Waals surface area contributed by atoms with Crippen LogP contribution in [0.4, 0.5) is 0 Å². The van der Waals surface area contributed by atoms with E-state index in [0.717, 1.165) is 31.2 Å². The molecular weight excluding hydrogens is 298 g/mol. The first-order valence-electron chi connectivity index (χ1n) is 7.76. The van der Waals surface area contributed by atoms with Crippen molar-refractivity contribution >= 4 is 17.2 Å². The summed E-state index contributed by atoms with van der Waals surface area (Å²) in [5, 5.41) is 3.19. The third kappa shape index (κ3) is 2.57. The van der Waals surface area contributed by atoms with Gasteiger partial charge >= 0.3 is 0 Å². The molecule has 2 aromatic heterocycles. The first-order chi connectivity index (χ1) is 10.8. The highest BCUT2D eigenvalue weighted by Crippen LogP contribution is 2.32. The molecule has 4 heterocycles. The molecule has 0 aliphatic carbocycles. The summed E-state index contributed by atoms with van der Waals surface area (Å²) in [6.45, 7) is 3.65. The van der Waals surface area contributed by atoms with E-state index in [1.807, 2.05) is 16.5 Å². The van der Waals surface area contributed by atoms with Gasteiger partial charge in [0, 0.05) is 30.7 Å². The number of piperidine rings is 1. The second-order valence-electron chi connectivity index (χ2n) is 6.05. The first-order valence-corrected chi connectivity index (χ1v) is 8.64. The maximum absolute atomic E-state index is 12.5. The molecule has 0 spiro atoms. The zero-order valence-electron chi connectivity index (χ0n) is 12.4. The molecule has 2 aromatic rings. The predicted molar refractivity (Wildman–Crippen MR) is 83.6 cm³/mol. The Bertz CT molecular complexity index is 626. The van der Waals surface area contributed by atoms with Crippen LogP contribution in [0, 0.1) is 5.92 Å². The Kier molecular flexibility index (Phi) is 3.72. The van der Waals surface area contributed by atoms with Crippen molar-refractivity contribution < 1.29 is 9.21 Å². The largest absolute Gasteiger partial charge is 0.459 e. The number of nitrogens with zero attached hydrogens (tertiary/aromatic N) is 3. The lowest BCUT2D eigenvalue weighted by Crippen LogP contribution is -2.44. The van der Waals surface area contributed by atoms with E-state index >= 15 is 0 Å². The minimum absolute atomic E-state index is 0.0219. The van der Waals surface area contributed by atoms with Crippen LogP contribution < -0.4 is 0 Å². The molecule has 22 heavy (non-hydrogen) atoms. The van der Waals surface area contributed by atoms with Crippen LogP contribution in [0.15, 0.2) is 34.4 Å². The summed E-state index contributed by atoms with van der Waals surface area (Å²) < 4.78 is 5.26. The summed E-state index contributed by atoms with van der Waals surface area (Å²) in [4.78, 5) is 21.3. The molecule has 116 valence electrons. The quantitative estimate of drug-likeness (QED) is 0.872. The molecule has 5 nitrogen and oxygen atoms in total. The second kappa shape index (κ2) is 5.85. The van der Waals surface area contributed by atoms with Crippen molar-refractivity contribution in [3.05, 3.63) is 40.7 Å². The number of furan rings is 1. The lowest BCUT2D eigenvalue weighted by molar-refractivity contribution is 0.0743. The van der Waals surface area contributed by atoms with E-state index in [2.05, 4.69) is 9.88 Å². The molecule has 0 N–H and O–H groups in total. The van der Waals surface area contributed by atoms with Crippen molar-refractivity contribution in [2.45, 2.75) is 25.4 Å². The Balaban J connectivity index is 1.47. The van der Waals surface area contributed by atoms with Crippen LogP contribution >= 0.6 is 11.3 Å². The van der Waals surface area contributed by atoms with Gasteiger partial charge in [0.25, 0.3) is 5.91 Å². The van der Waals surface area contributed by atoms with Crippen molar-refractivity contribution in [2.75, 3.05) is 19.6 Å². The van der Waals surface area contributed by atoms with Gasteiger partial charge in [-0.05, 0) is 37.4 Å².